The Balaban J connectivity index is 1.26. The van der Waals surface area contributed by atoms with Gasteiger partial charge in [-0.05, 0) is 129 Å². The summed E-state index contributed by atoms with van der Waals surface area (Å²) in [4.78, 5) is 4.98. The summed E-state index contributed by atoms with van der Waals surface area (Å²) in [5.74, 6) is 0. The molecule has 0 atom stereocenters. The molecule has 71 heavy (non-hydrogen) atoms. The van der Waals surface area contributed by atoms with Crippen molar-refractivity contribution >= 4 is 71.4 Å². The van der Waals surface area contributed by atoms with Crippen molar-refractivity contribution in [1.29, 1.82) is 0 Å². The van der Waals surface area contributed by atoms with Gasteiger partial charge in [0.1, 0.15) is 0 Å². The Morgan fingerprint density at radius 2 is 0.746 bits per heavy atom. The zero-order valence-corrected chi connectivity index (χ0v) is 46.0. The molecule has 0 bridgehead atoms. The summed E-state index contributed by atoms with van der Waals surface area (Å²) in [7, 11) is -3.56. The summed E-state index contributed by atoms with van der Waals surface area (Å²) in [6.07, 6.45) is 0. The molecule has 0 fully saturated rings. The summed E-state index contributed by atoms with van der Waals surface area (Å²) in [6.45, 7) is 28.8. The second kappa shape index (κ2) is 17.8. The van der Waals surface area contributed by atoms with Gasteiger partial charge in [-0.25, -0.2) is 0 Å². The van der Waals surface area contributed by atoms with Crippen LogP contribution in [0.3, 0.4) is 0 Å². The van der Waals surface area contributed by atoms with Gasteiger partial charge in [-0.2, -0.15) is 0 Å². The normalized spacial score (nSPS) is 13.5. The van der Waals surface area contributed by atoms with E-state index in [1.807, 2.05) is 0 Å². The number of hydrogen-bond acceptors (Lipinski definition) is 2. The summed E-state index contributed by atoms with van der Waals surface area (Å²) < 4.78 is 0. The zero-order valence-electron chi connectivity index (χ0n) is 44.0. The second-order valence-electron chi connectivity index (χ2n) is 23.3. The number of benzene rings is 9. The molecule has 0 saturated heterocycles. The maximum absolute atomic E-state index is 2.55. The minimum Gasteiger partial charge on any atom is -0.310 e. The maximum Gasteiger partial charge on any atom is 0.0859 e. The van der Waals surface area contributed by atoms with Crippen LogP contribution in [0, 0.1) is 13.8 Å². The number of nitrogens with zero attached hydrogens (tertiary/aromatic N) is 2. The summed E-state index contributed by atoms with van der Waals surface area (Å²) >= 11 is 0. The quantitative estimate of drug-likeness (QED) is 0.126. The third-order valence-electron chi connectivity index (χ3n) is 17.0. The molecule has 2 nitrogen and oxygen atoms in total. The molecule has 0 amide bonds. The zero-order chi connectivity index (χ0) is 50.1. The third-order valence-corrected chi connectivity index (χ3v) is 28.1. The monoisotopic (exact) mass is 959 g/mol. The van der Waals surface area contributed by atoms with E-state index < -0.39 is 21.6 Å². The van der Waals surface area contributed by atoms with Crippen molar-refractivity contribution in [1.82, 2.24) is 0 Å². The molecular weight excluding hydrogens is 889 g/mol. The van der Waals surface area contributed by atoms with Crippen molar-refractivity contribution in [2.45, 2.75) is 97.1 Å². The van der Waals surface area contributed by atoms with Gasteiger partial charge in [-0.3, -0.25) is 0 Å². The summed E-state index contributed by atoms with van der Waals surface area (Å²) in [6, 6.07) is 78.8. The predicted octanol–water partition coefficient (Wildman–Crippen LogP) is 18.2. The Kier molecular flexibility index (Phi) is 12.0. The van der Waals surface area contributed by atoms with E-state index in [2.05, 4.69) is 298 Å². The molecule has 9 aromatic carbocycles. The molecule has 10 rings (SSSR count). The average Bonchev–Trinajstić information content (AvgIpc) is 3.66. The molecule has 356 valence electrons. The van der Waals surface area contributed by atoms with Gasteiger partial charge in [0, 0.05) is 33.8 Å². The molecule has 0 spiro atoms. The number of fused-ring (bicyclic) bond motifs is 5. The van der Waals surface area contributed by atoms with Crippen LogP contribution in [0.25, 0.3) is 21.9 Å². The fourth-order valence-electron chi connectivity index (χ4n) is 10.8. The van der Waals surface area contributed by atoms with E-state index in [1.54, 1.807) is 0 Å². The lowest BCUT2D eigenvalue weighted by Gasteiger charge is -2.38. The van der Waals surface area contributed by atoms with Gasteiger partial charge in [0.25, 0.3) is 0 Å². The Hall–Kier alpha value is -6.73. The van der Waals surface area contributed by atoms with E-state index in [0.29, 0.717) is 0 Å². The fourth-order valence-corrected chi connectivity index (χ4v) is 14.6. The lowest BCUT2D eigenvalue weighted by molar-refractivity contribution is 0.729. The maximum atomic E-state index is 2.55. The van der Waals surface area contributed by atoms with Gasteiger partial charge in [0.2, 0.25) is 0 Å². The van der Waals surface area contributed by atoms with E-state index in [0.717, 1.165) is 34.1 Å². The molecule has 0 radical (unpaired) electrons. The predicted molar refractivity (Wildman–Crippen MR) is 314 cm³/mol. The van der Waals surface area contributed by atoms with E-state index in [4.69, 9.17) is 0 Å². The van der Waals surface area contributed by atoms with Crippen LogP contribution in [-0.4, -0.2) is 16.1 Å². The number of hydrogen-bond donors (Lipinski definition) is 0. The first-order chi connectivity index (χ1) is 33.8. The first-order valence-electron chi connectivity index (χ1n) is 25.6. The van der Waals surface area contributed by atoms with Crippen LogP contribution in [0.4, 0.5) is 34.1 Å². The van der Waals surface area contributed by atoms with Gasteiger partial charge in [-0.15, -0.1) is 0 Å². The Morgan fingerprint density at radius 1 is 0.366 bits per heavy atom. The third kappa shape index (κ3) is 8.10. The van der Waals surface area contributed by atoms with Crippen LogP contribution in [0.5, 0.6) is 0 Å². The lowest BCUT2D eigenvalue weighted by Crippen LogP contribution is -2.49. The van der Waals surface area contributed by atoms with Gasteiger partial charge in [0.15, 0.2) is 0 Å². The van der Waals surface area contributed by atoms with Gasteiger partial charge >= 0.3 is 0 Å². The highest BCUT2D eigenvalue weighted by atomic mass is 28.3. The highest BCUT2D eigenvalue weighted by molar-refractivity contribution is 6.92. The largest absolute Gasteiger partial charge is 0.310 e. The van der Waals surface area contributed by atoms with E-state index in [9.17, 15) is 0 Å². The van der Waals surface area contributed by atoms with Crippen molar-refractivity contribution in [3.8, 4) is 11.1 Å². The van der Waals surface area contributed by atoms with E-state index in [-0.39, 0.29) is 10.1 Å². The van der Waals surface area contributed by atoms with Crippen molar-refractivity contribution in [3.05, 3.63) is 240 Å². The average molecular weight is 959 g/mol. The SMILES string of the molecule is Cc1ccc(N(c2ccc([Si](C)(C)C(C)(C)C)cc2)c2ccc3c(c2)C(c2ccccc2)(c2ccccc2)c2cc(N(c4ccc(C)cc4)c4ccc([Si](C)(C)C(C)(C)C)cc4)c4ccccc4c2-3)cc1. The summed E-state index contributed by atoms with van der Waals surface area (Å²) in [5, 5.41) is 5.87. The molecule has 4 heteroatoms. The Morgan fingerprint density at radius 3 is 1.18 bits per heavy atom. The molecule has 0 N–H and O–H groups in total. The highest BCUT2D eigenvalue weighted by Crippen LogP contribution is 2.61. The van der Waals surface area contributed by atoms with Crippen LogP contribution in [0.15, 0.2) is 206 Å². The Bertz CT molecular complexity index is 3320. The topological polar surface area (TPSA) is 6.48 Å². The smallest absolute Gasteiger partial charge is 0.0859 e. The molecule has 0 aliphatic heterocycles. The minimum atomic E-state index is -1.79. The molecule has 0 unspecified atom stereocenters. The Labute approximate surface area is 426 Å². The minimum absolute atomic E-state index is 0.223. The molecule has 0 saturated carbocycles. The van der Waals surface area contributed by atoms with Crippen LogP contribution >= 0.6 is 0 Å². The van der Waals surface area contributed by atoms with Crippen molar-refractivity contribution in [2.75, 3.05) is 9.80 Å². The van der Waals surface area contributed by atoms with E-state index in [1.165, 1.54) is 65.7 Å². The fraction of sp³-hybridized carbons (Fsp3) is 0.224. The highest BCUT2D eigenvalue weighted by Gasteiger charge is 2.48. The van der Waals surface area contributed by atoms with Gasteiger partial charge < -0.3 is 9.80 Å². The standard InChI is InChI=1S/C67H70N2Si2/c1-47-27-31-51(32-28-47)68(52-35-40-56(41-36-52)70(9,10)65(3,4)5)55-39-44-60-61(45-55)67(49-21-15-13-16-22-49,50-23-17-14-18-24-50)62-46-63(58-25-19-20-26-59(58)64(60)62)69(53-33-29-48(2)30-34-53)54-37-42-57(43-38-54)71(11,12)66(6,7)8/h13-46H,1-12H3. The van der Waals surface area contributed by atoms with Crippen molar-refractivity contribution in [3.63, 3.8) is 0 Å². The lowest BCUT2D eigenvalue weighted by atomic mass is 9.67. The van der Waals surface area contributed by atoms with Crippen LogP contribution in [0.1, 0.15) is 74.9 Å². The number of rotatable bonds is 10. The van der Waals surface area contributed by atoms with Gasteiger partial charge in [0.05, 0.1) is 27.3 Å². The molecule has 9 aromatic rings. The molecule has 0 heterocycles. The first-order valence-corrected chi connectivity index (χ1v) is 31.6. The summed E-state index contributed by atoms with van der Waals surface area (Å²) in [5.41, 5.74) is 16.3. The molecule has 1 aliphatic rings. The molecule has 1 aliphatic carbocycles. The van der Waals surface area contributed by atoms with Crippen LogP contribution in [-0.2, 0) is 5.41 Å². The van der Waals surface area contributed by atoms with Gasteiger partial charge in [-0.1, -0.05) is 229 Å². The first kappa shape index (κ1) is 47.9. The number of anilines is 6. The van der Waals surface area contributed by atoms with Crippen LogP contribution in [0.2, 0.25) is 36.3 Å². The number of aryl methyl sites for hydroxylation is 2. The van der Waals surface area contributed by atoms with E-state index >= 15 is 0 Å². The van der Waals surface area contributed by atoms with Crippen molar-refractivity contribution in [2.24, 2.45) is 0 Å². The molecular formula is C67H70N2Si2. The van der Waals surface area contributed by atoms with Crippen molar-refractivity contribution < 1.29 is 0 Å². The second-order valence-corrected chi connectivity index (χ2v) is 33.9. The molecule has 0 aromatic heterocycles. The van der Waals surface area contributed by atoms with Crippen LogP contribution < -0.4 is 20.2 Å².